The molecule has 1 aromatic carbocycles. The number of hydrogen-bond donors (Lipinski definition) is 1. The predicted octanol–water partition coefficient (Wildman–Crippen LogP) is 1.40. The number of terminal acetylenes is 1. The molecule has 0 saturated carbocycles. The van der Waals surface area contributed by atoms with E-state index in [1.807, 2.05) is 12.0 Å². The molecule has 0 radical (unpaired) electrons. The van der Waals surface area contributed by atoms with Crippen molar-refractivity contribution in [3.05, 3.63) is 30.3 Å². The zero-order valence-corrected chi connectivity index (χ0v) is 12.2. The largest absolute Gasteiger partial charge is 0.384 e. The van der Waals surface area contributed by atoms with Crippen molar-refractivity contribution in [3.8, 4) is 23.8 Å². The third-order valence-corrected chi connectivity index (χ3v) is 4.78. The fourth-order valence-electron chi connectivity index (χ4n) is 1.26. The van der Waals surface area contributed by atoms with Crippen LogP contribution in [0.25, 0.3) is 0 Å². The Morgan fingerprint density at radius 1 is 1.28 bits per heavy atom. The van der Waals surface area contributed by atoms with E-state index in [0.717, 1.165) is 0 Å². The first-order valence-corrected chi connectivity index (χ1v) is 8.67. The van der Waals surface area contributed by atoms with Gasteiger partial charge in [-0.2, -0.15) is 0 Å². The van der Waals surface area contributed by atoms with Gasteiger partial charge in [-0.1, -0.05) is 55.3 Å². The molecule has 0 spiro atoms. The van der Waals surface area contributed by atoms with Crippen LogP contribution in [0.1, 0.15) is 0 Å². The molecular formula is C15H20O2Si. The monoisotopic (exact) mass is 260 g/mol. The summed E-state index contributed by atoms with van der Waals surface area (Å²) < 4.78 is 4.92. The second kappa shape index (κ2) is 9.50. The highest BCUT2D eigenvalue weighted by molar-refractivity contribution is 6.96. The molecule has 0 fully saturated rings. The van der Waals surface area contributed by atoms with Crippen LogP contribution >= 0.6 is 0 Å². The summed E-state index contributed by atoms with van der Waals surface area (Å²) in [4.78, 5) is 0. The molecule has 0 amide bonds. The Balaban J connectivity index is 0.000000631. The zero-order chi connectivity index (χ0) is 13.9. The Bertz CT molecular complexity index is 421. The molecular weight excluding hydrogens is 240 g/mol. The average molecular weight is 260 g/mol. The van der Waals surface area contributed by atoms with E-state index in [0.29, 0.717) is 6.61 Å². The molecule has 2 nitrogen and oxygen atoms in total. The van der Waals surface area contributed by atoms with E-state index in [-0.39, 0.29) is 6.61 Å². The first-order valence-electron chi connectivity index (χ1n) is 5.67. The van der Waals surface area contributed by atoms with Crippen molar-refractivity contribution in [2.75, 3.05) is 20.3 Å². The van der Waals surface area contributed by atoms with Gasteiger partial charge >= 0.3 is 0 Å². The summed E-state index contributed by atoms with van der Waals surface area (Å²) in [6.07, 6.45) is 4.53. The van der Waals surface area contributed by atoms with Crippen LogP contribution < -0.4 is 5.19 Å². The van der Waals surface area contributed by atoms with E-state index in [9.17, 15) is 0 Å². The van der Waals surface area contributed by atoms with E-state index < -0.39 is 8.07 Å². The maximum atomic E-state index is 7.64. The quantitative estimate of drug-likeness (QED) is 0.643. The van der Waals surface area contributed by atoms with Crippen LogP contribution in [-0.2, 0) is 4.74 Å². The molecule has 0 aromatic heterocycles. The smallest absolute Gasteiger partial charge is 0.162 e. The molecule has 0 saturated heterocycles. The highest BCUT2D eigenvalue weighted by Crippen LogP contribution is 2.00. The van der Waals surface area contributed by atoms with Crippen molar-refractivity contribution in [2.24, 2.45) is 0 Å². The molecule has 0 heterocycles. The summed E-state index contributed by atoms with van der Waals surface area (Å²) in [5.41, 5.74) is 3.34. The zero-order valence-electron chi connectivity index (χ0n) is 11.2. The minimum atomic E-state index is -1.56. The van der Waals surface area contributed by atoms with Crippen molar-refractivity contribution >= 4 is 13.3 Å². The van der Waals surface area contributed by atoms with E-state index >= 15 is 0 Å². The van der Waals surface area contributed by atoms with Crippen LogP contribution in [-0.4, -0.2) is 33.5 Å². The number of rotatable bonds is 2. The summed E-state index contributed by atoms with van der Waals surface area (Å²) in [7, 11) is 0.115. The summed E-state index contributed by atoms with van der Waals surface area (Å²) in [5, 5.41) is 9.02. The SMILES string of the molecule is C#CCO.COCC#C[Si](C)(C)c1ccccc1. The number of aliphatic hydroxyl groups is 1. The molecule has 0 bridgehead atoms. The van der Waals surface area contributed by atoms with Crippen molar-refractivity contribution in [3.63, 3.8) is 0 Å². The molecule has 96 valence electrons. The van der Waals surface area contributed by atoms with Gasteiger partial charge in [0.15, 0.2) is 8.07 Å². The highest BCUT2D eigenvalue weighted by atomic mass is 28.3. The maximum Gasteiger partial charge on any atom is 0.162 e. The molecule has 0 aliphatic rings. The molecule has 0 aliphatic heterocycles. The van der Waals surface area contributed by atoms with Crippen LogP contribution in [0, 0.1) is 23.8 Å². The molecule has 18 heavy (non-hydrogen) atoms. The maximum absolute atomic E-state index is 7.64. The minimum Gasteiger partial charge on any atom is -0.384 e. The van der Waals surface area contributed by atoms with Gasteiger partial charge in [0.05, 0.1) is 0 Å². The molecule has 0 aliphatic carbocycles. The lowest BCUT2D eigenvalue weighted by Crippen LogP contribution is -2.40. The molecule has 1 rings (SSSR count). The second-order valence-electron chi connectivity index (χ2n) is 4.09. The van der Waals surface area contributed by atoms with E-state index in [1.165, 1.54) is 5.19 Å². The van der Waals surface area contributed by atoms with Crippen LogP contribution in [0.4, 0.5) is 0 Å². The number of benzene rings is 1. The van der Waals surface area contributed by atoms with Crippen LogP contribution in [0.2, 0.25) is 13.1 Å². The van der Waals surface area contributed by atoms with Crippen LogP contribution in [0.5, 0.6) is 0 Å². The van der Waals surface area contributed by atoms with Crippen molar-refractivity contribution < 1.29 is 9.84 Å². The van der Waals surface area contributed by atoms with Crippen LogP contribution in [0.3, 0.4) is 0 Å². The standard InChI is InChI=1S/C12H16OSi.C3H4O/c1-13-10-7-11-14(2,3)12-8-5-4-6-9-12;1-2-3-4/h4-6,8-9H,10H2,1-3H3;1,4H,3H2. The Morgan fingerprint density at radius 3 is 2.28 bits per heavy atom. The van der Waals surface area contributed by atoms with Crippen molar-refractivity contribution in [2.45, 2.75) is 13.1 Å². The highest BCUT2D eigenvalue weighted by Gasteiger charge is 2.19. The van der Waals surface area contributed by atoms with Gasteiger partial charge < -0.3 is 9.84 Å². The first kappa shape index (κ1) is 16.5. The fourth-order valence-corrected chi connectivity index (χ4v) is 2.94. The third-order valence-electron chi connectivity index (χ3n) is 2.20. The topological polar surface area (TPSA) is 29.5 Å². The van der Waals surface area contributed by atoms with Gasteiger partial charge in [0.25, 0.3) is 0 Å². The lowest BCUT2D eigenvalue weighted by Gasteiger charge is -2.14. The number of ether oxygens (including phenoxy) is 1. The number of methoxy groups -OCH3 is 1. The van der Waals surface area contributed by atoms with Gasteiger partial charge in [-0.3, -0.25) is 0 Å². The van der Waals surface area contributed by atoms with E-state index in [4.69, 9.17) is 9.84 Å². The van der Waals surface area contributed by atoms with Gasteiger partial charge in [-0.15, -0.1) is 12.0 Å². The molecule has 3 heteroatoms. The lowest BCUT2D eigenvalue weighted by molar-refractivity contribution is 0.240. The normalized spacial score (nSPS) is 9.28. The van der Waals surface area contributed by atoms with Gasteiger partial charge in [0.1, 0.15) is 13.2 Å². The van der Waals surface area contributed by atoms with Crippen molar-refractivity contribution in [1.82, 2.24) is 0 Å². The fraction of sp³-hybridized carbons (Fsp3) is 0.333. The second-order valence-corrected chi connectivity index (χ2v) is 8.17. The summed E-state index contributed by atoms with van der Waals surface area (Å²) in [6, 6.07) is 10.5. The summed E-state index contributed by atoms with van der Waals surface area (Å²) >= 11 is 0. The predicted molar refractivity (Wildman–Crippen MR) is 79.1 cm³/mol. The average Bonchev–Trinajstić information content (AvgIpc) is 2.40. The van der Waals surface area contributed by atoms with Gasteiger partial charge in [-0.25, -0.2) is 0 Å². The van der Waals surface area contributed by atoms with Gasteiger partial charge in [0.2, 0.25) is 0 Å². The third kappa shape index (κ3) is 6.93. The lowest BCUT2D eigenvalue weighted by atomic mass is 10.4. The Hall–Kier alpha value is -1.52. The Morgan fingerprint density at radius 2 is 1.83 bits per heavy atom. The van der Waals surface area contributed by atoms with Gasteiger partial charge in [0, 0.05) is 7.11 Å². The minimum absolute atomic E-state index is 0.153. The Labute approximate surface area is 111 Å². The van der Waals surface area contributed by atoms with Gasteiger partial charge in [-0.05, 0) is 5.19 Å². The molecule has 0 unspecified atom stereocenters. The Kier molecular flexibility index (Phi) is 8.70. The first-order chi connectivity index (χ1) is 8.58. The summed E-state index contributed by atoms with van der Waals surface area (Å²) in [5.74, 6) is 5.05. The summed E-state index contributed by atoms with van der Waals surface area (Å²) in [6.45, 7) is 4.89. The molecule has 0 atom stereocenters. The number of aliphatic hydroxyl groups excluding tert-OH is 1. The van der Waals surface area contributed by atoms with E-state index in [2.05, 4.69) is 55.2 Å². The molecule has 1 N–H and O–H groups in total. The van der Waals surface area contributed by atoms with E-state index in [1.54, 1.807) is 7.11 Å². The molecule has 1 aromatic rings. The number of hydrogen-bond acceptors (Lipinski definition) is 2. The van der Waals surface area contributed by atoms with Crippen molar-refractivity contribution in [1.29, 1.82) is 0 Å². The van der Waals surface area contributed by atoms with Crippen LogP contribution in [0.15, 0.2) is 30.3 Å².